The van der Waals surface area contributed by atoms with Crippen LogP contribution in [-0.4, -0.2) is 42.4 Å². The summed E-state index contributed by atoms with van der Waals surface area (Å²) in [5.74, 6) is -1.10. The van der Waals surface area contributed by atoms with Gasteiger partial charge in [-0.2, -0.15) is 0 Å². The summed E-state index contributed by atoms with van der Waals surface area (Å²) in [5.41, 5.74) is -0.641. The molecule has 1 aliphatic rings. The summed E-state index contributed by atoms with van der Waals surface area (Å²) in [6.07, 6.45) is 1.85. The van der Waals surface area contributed by atoms with E-state index in [0.717, 1.165) is 19.4 Å². The molecule has 1 fully saturated rings. The molecule has 1 aromatic rings. The van der Waals surface area contributed by atoms with E-state index in [9.17, 15) is 19.7 Å². The molecule has 0 bridgehead atoms. The highest BCUT2D eigenvalue weighted by Crippen LogP contribution is 2.25. The number of carbonyl (C=O) groups excluding carboxylic acids is 2. The number of nitro benzene ring substituents is 1. The predicted octanol–water partition coefficient (Wildman–Crippen LogP) is 0.846. The number of nitro groups is 1. The van der Waals surface area contributed by atoms with E-state index < -0.39 is 16.5 Å². The molecule has 0 aromatic heterocycles. The number of benzene rings is 1. The van der Waals surface area contributed by atoms with E-state index in [0.29, 0.717) is 6.54 Å². The summed E-state index contributed by atoms with van der Waals surface area (Å²) in [6.45, 7) is 1.35. The molecule has 2 rings (SSSR count). The summed E-state index contributed by atoms with van der Waals surface area (Å²) in [6, 6.07) is 3.99. The van der Waals surface area contributed by atoms with Crippen LogP contribution >= 0.6 is 11.6 Å². The van der Waals surface area contributed by atoms with Crippen molar-refractivity contribution in [2.45, 2.75) is 18.9 Å². The molecular weight excluding hydrogens is 324 g/mol. The second-order valence-electron chi connectivity index (χ2n) is 5.18. The SMILES string of the molecule is O=C(CNC(=O)c1c(Cl)cccc1[N+](=O)[O-])N[C@H]1CCCNC1. The Labute approximate surface area is 137 Å². The van der Waals surface area contributed by atoms with E-state index >= 15 is 0 Å². The molecule has 1 atom stereocenters. The first-order valence-corrected chi connectivity index (χ1v) is 7.58. The van der Waals surface area contributed by atoms with E-state index in [1.165, 1.54) is 18.2 Å². The Morgan fingerprint density at radius 1 is 1.43 bits per heavy atom. The Morgan fingerprint density at radius 3 is 2.87 bits per heavy atom. The van der Waals surface area contributed by atoms with Crippen LogP contribution in [0.5, 0.6) is 0 Å². The van der Waals surface area contributed by atoms with Gasteiger partial charge >= 0.3 is 0 Å². The third-order valence-electron chi connectivity index (χ3n) is 3.49. The normalized spacial score (nSPS) is 17.3. The molecule has 3 N–H and O–H groups in total. The third kappa shape index (κ3) is 4.64. The Hall–Kier alpha value is -2.19. The summed E-state index contributed by atoms with van der Waals surface area (Å²) < 4.78 is 0. The van der Waals surface area contributed by atoms with Crippen molar-refractivity contribution in [3.63, 3.8) is 0 Å². The van der Waals surface area contributed by atoms with Crippen LogP contribution < -0.4 is 16.0 Å². The van der Waals surface area contributed by atoms with Crippen molar-refractivity contribution in [1.29, 1.82) is 0 Å². The number of hydrogen-bond donors (Lipinski definition) is 3. The summed E-state index contributed by atoms with van der Waals surface area (Å²) in [4.78, 5) is 34.2. The van der Waals surface area contributed by atoms with Crippen LogP contribution in [0.1, 0.15) is 23.2 Å². The fourth-order valence-electron chi connectivity index (χ4n) is 2.39. The van der Waals surface area contributed by atoms with Gasteiger partial charge < -0.3 is 16.0 Å². The van der Waals surface area contributed by atoms with Crippen LogP contribution in [0.4, 0.5) is 5.69 Å². The molecule has 0 aliphatic carbocycles. The van der Waals surface area contributed by atoms with Crippen LogP contribution in [0.3, 0.4) is 0 Å². The largest absolute Gasteiger partial charge is 0.351 e. The topological polar surface area (TPSA) is 113 Å². The summed E-state index contributed by atoms with van der Waals surface area (Å²) in [5, 5.41) is 19.2. The van der Waals surface area contributed by atoms with E-state index in [1.54, 1.807) is 0 Å². The zero-order valence-electron chi connectivity index (χ0n) is 12.3. The van der Waals surface area contributed by atoms with Crippen LogP contribution in [0.15, 0.2) is 18.2 Å². The lowest BCUT2D eigenvalue weighted by Crippen LogP contribution is -2.48. The number of hydrogen-bond acceptors (Lipinski definition) is 5. The zero-order valence-corrected chi connectivity index (χ0v) is 13.1. The number of amides is 2. The average Bonchev–Trinajstić information content (AvgIpc) is 2.53. The third-order valence-corrected chi connectivity index (χ3v) is 3.80. The van der Waals surface area contributed by atoms with E-state index in [4.69, 9.17) is 11.6 Å². The van der Waals surface area contributed by atoms with Crippen molar-refractivity contribution in [2.75, 3.05) is 19.6 Å². The first-order chi connectivity index (χ1) is 11.0. The van der Waals surface area contributed by atoms with Crippen molar-refractivity contribution in [2.24, 2.45) is 0 Å². The first kappa shape index (κ1) is 17.2. The molecule has 0 unspecified atom stereocenters. The van der Waals surface area contributed by atoms with Crippen LogP contribution in [0.25, 0.3) is 0 Å². The standard InChI is InChI=1S/C14H17ClN4O4/c15-10-4-1-5-11(19(22)23)13(10)14(21)17-8-12(20)18-9-3-2-6-16-7-9/h1,4-5,9,16H,2-3,6-8H2,(H,17,21)(H,18,20)/t9-/m0/s1. The van der Waals surface area contributed by atoms with Crippen molar-refractivity contribution < 1.29 is 14.5 Å². The minimum absolute atomic E-state index is 0.0304. The quantitative estimate of drug-likeness (QED) is 0.543. The van der Waals surface area contributed by atoms with Gasteiger partial charge in [-0.25, -0.2) is 0 Å². The number of rotatable bonds is 5. The van der Waals surface area contributed by atoms with Gasteiger partial charge in [-0.05, 0) is 25.5 Å². The van der Waals surface area contributed by atoms with Gasteiger partial charge in [0.2, 0.25) is 5.91 Å². The maximum Gasteiger partial charge on any atom is 0.283 e. The molecule has 1 saturated heterocycles. The fourth-order valence-corrected chi connectivity index (χ4v) is 2.65. The summed E-state index contributed by atoms with van der Waals surface area (Å²) in [7, 11) is 0. The van der Waals surface area contributed by atoms with Crippen LogP contribution in [0.2, 0.25) is 5.02 Å². The van der Waals surface area contributed by atoms with Gasteiger partial charge in [0.25, 0.3) is 11.6 Å². The number of piperidine rings is 1. The van der Waals surface area contributed by atoms with Gasteiger partial charge in [0.05, 0.1) is 16.5 Å². The summed E-state index contributed by atoms with van der Waals surface area (Å²) >= 11 is 5.87. The second-order valence-corrected chi connectivity index (χ2v) is 5.59. The predicted molar refractivity (Wildman–Crippen MR) is 84.5 cm³/mol. The molecule has 23 heavy (non-hydrogen) atoms. The Kier molecular flexibility index (Phi) is 5.89. The highest BCUT2D eigenvalue weighted by molar-refractivity contribution is 6.34. The number of nitrogens with one attached hydrogen (secondary N) is 3. The molecule has 0 radical (unpaired) electrons. The van der Waals surface area contributed by atoms with Crippen molar-refractivity contribution >= 4 is 29.1 Å². The van der Waals surface area contributed by atoms with Gasteiger partial charge in [0.1, 0.15) is 5.56 Å². The zero-order chi connectivity index (χ0) is 16.8. The monoisotopic (exact) mass is 340 g/mol. The Morgan fingerprint density at radius 2 is 2.22 bits per heavy atom. The molecule has 0 spiro atoms. The Balaban J connectivity index is 1.94. The van der Waals surface area contributed by atoms with Crippen molar-refractivity contribution in [3.8, 4) is 0 Å². The minimum atomic E-state index is -0.751. The van der Waals surface area contributed by atoms with E-state index in [2.05, 4.69) is 16.0 Å². The first-order valence-electron chi connectivity index (χ1n) is 7.20. The Bertz CT molecular complexity index is 617. The van der Waals surface area contributed by atoms with Gasteiger partial charge in [-0.1, -0.05) is 17.7 Å². The lowest BCUT2D eigenvalue weighted by atomic mass is 10.1. The molecule has 9 heteroatoms. The second kappa shape index (κ2) is 7.89. The molecule has 8 nitrogen and oxygen atoms in total. The highest BCUT2D eigenvalue weighted by Gasteiger charge is 2.24. The van der Waals surface area contributed by atoms with Gasteiger partial charge in [0, 0.05) is 18.7 Å². The smallest absolute Gasteiger partial charge is 0.283 e. The van der Waals surface area contributed by atoms with Crippen LogP contribution in [0, 0.1) is 10.1 Å². The van der Waals surface area contributed by atoms with Gasteiger partial charge in [-0.3, -0.25) is 19.7 Å². The molecule has 1 heterocycles. The highest BCUT2D eigenvalue weighted by atomic mass is 35.5. The number of halogens is 1. The van der Waals surface area contributed by atoms with Gasteiger partial charge in [0.15, 0.2) is 0 Å². The van der Waals surface area contributed by atoms with Crippen LogP contribution in [-0.2, 0) is 4.79 Å². The fraction of sp³-hybridized carbons (Fsp3) is 0.429. The molecular formula is C14H17ClN4O4. The lowest BCUT2D eigenvalue weighted by molar-refractivity contribution is -0.385. The lowest BCUT2D eigenvalue weighted by Gasteiger charge is -2.23. The number of nitrogens with zero attached hydrogens (tertiary/aromatic N) is 1. The average molecular weight is 341 g/mol. The molecule has 1 aliphatic heterocycles. The van der Waals surface area contributed by atoms with Crippen molar-refractivity contribution in [3.05, 3.63) is 38.9 Å². The molecule has 2 amide bonds. The molecule has 124 valence electrons. The maximum absolute atomic E-state index is 12.1. The number of carbonyl (C=O) groups is 2. The molecule has 1 aromatic carbocycles. The maximum atomic E-state index is 12.1. The minimum Gasteiger partial charge on any atom is -0.351 e. The molecule has 0 saturated carbocycles. The van der Waals surface area contributed by atoms with Crippen molar-refractivity contribution in [1.82, 2.24) is 16.0 Å². The van der Waals surface area contributed by atoms with Gasteiger partial charge in [-0.15, -0.1) is 0 Å². The van der Waals surface area contributed by atoms with E-state index in [1.807, 2.05) is 0 Å². The van der Waals surface area contributed by atoms with E-state index in [-0.39, 0.29) is 29.1 Å².